The molecular formula is C34H37FN4O6S. The van der Waals surface area contributed by atoms with Crippen LogP contribution in [0, 0.1) is 11.7 Å². The average molecular weight is 649 g/mol. The molecule has 46 heavy (non-hydrogen) atoms. The Morgan fingerprint density at radius 2 is 1.87 bits per heavy atom. The van der Waals surface area contributed by atoms with E-state index in [2.05, 4.69) is 10.3 Å². The fourth-order valence-electron chi connectivity index (χ4n) is 5.93. The van der Waals surface area contributed by atoms with Gasteiger partial charge in [0.25, 0.3) is 0 Å². The highest BCUT2D eigenvalue weighted by Crippen LogP contribution is 2.43. The van der Waals surface area contributed by atoms with Crippen LogP contribution in [-0.2, 0) is 24.2 Å². The number of benzene rings is 3. The molecule has 12 heteroatoms. The normalized spacial score (nSPS) is 17.2. The number of hydrogen-bond donors (Lipinski definition) is 2. The molecule has 4 aromatic rings. The smallest absolute Gasteiger partial charge is 0.311 e. The quantitative estimate of drug-likeness (QED) is 0.215. The van der Waals surface area contributed by atoms with Crippen molar-refractivity contribution in [3.8, 4) is 5.75 Å². The van der Waals surface area contributed by atoms with Crippen molar-refractivity contribution in [2.24, 2.45) is 5.92 Å². The Bertz CT molecular complexity index is 1880. The number of ether oxygens (including phenoxy) is 2. The van der Waals surface area contributed by atoms with Crippen LogP contribution < -0.4 is 15.8 Å². The molecule has 0 bridgehead atoms. The van der Waals surface area contributed by atoms with Crippen molar-refractivity contribution in [2.75, 3.05) is 31.3 Å². The van der Waals surface area contributed by atoms with Gasteiger partial charge in [-0.15, -0.1) is 0 Å². The van der Waals surface area contributed by atoms with Gasteiger partial charge in [-0.25, -0.2) is 17.8 Å². The average Bonchev–Trinajstić information content (AvgIpc) is 3.49. The van der Waals surface area contributed by atoms with Crippen molar-refractivity contribution in [1.29, 1.82) is 0 Å². The van der Waals surface area contributed by atoms with Crippen LogP contribution in [-0.4, -0.2) is 55.7 Å². The molecule has 3 aromatic carbocycles. The van der Waals surface area contributed by atoms with Gasteiger partial charge in [-0.2, -0.15) is 0 Å². The SMILES string of the molecule is CCOC(=O)[C@@H]1CCN(C(=O)[C@H](Nc2ccc3c(N)nccc3c2)c2ccc(F)c(OC)c2)[C@@H]1c1ccccc1S(=O)(=O)C(C)C. The van der Waals surface area contributed by atoms with E-state index in [-0.39, 0.29) is 30.2 Å². The van der Waals surface area contributed by atoms with Gasteiger partial charge < -0.3 is 25.4 Å². The van der Waals surface area contributed by atoms with Crippen LogP contribution in [0.1, 0.15) is 50.4 Å². The molecule has 3 atom stereocenters. The summed E-state index contributed by atoms with van der Waals surface area (Å²) in [5, 5.41) is 4.08. The van der Waals surface area contributed by atoms with Crippen LogP contribution >= 0.6 is 0 Å². The van der Waals surface area contributed by atoms with Crippen LogP contribution in [0.25, 0.3) is 10.8 Å². The summed E-state index contributed by atoms with van der Waals surface area (Å²) >= 11 is 0. The van der Waals surface area contributed by atoms with Crippen molar-refractivity contribution in [3.63, 3.8) is 0 Å². The highest BCUT2D eigenvalue weighted by molar-refractivity contribution is 7.92. The number of carbonyl (C=O) groups is 2. The van der Waals surface area contributed by atoms with E-state index in [0.29, 0.717) is 22.6 Å². The number of rotatable bonds is 10. The van der Waals surface area contributed by atoms with Crippen LogP contribution in [0.2, 0.25) is 0 Å². The van der Waals surface area contributed by atoms with Crippen molar-refractivity contribution in [3.05, 3.63) is 89.9 Å². The fraction of sp³-hybridized carbons (Fsp3) is 0.324. The van der Waals surface area contributed by atoms with Gasteiger partial charge in [-0.3, -0.25) is 9.59 Å². The minimum absolute atomic E-state index is 0.0507. The van der Waals surface area contributed by atoms with Crippen LogP contribution in [0.3, 0.4) is 0 Å². The molecule has 0 radical (unpaired) electrons. The number of amides is 1. The molecule has 0 aliphatic carbocycles. The summed E-state index contributed by atoms with van der Waals surface area (Å²) in [6.07, 6.45) is 1.84. The van der Waals surface area contributed by atoms with E-state index in [1.807, 2.05) is 6.07 Å². The second-order valence-electron chi connectivity index (χ2n) is 11.4. The number of nitrogens with one attached hydrogen (secondary N) is 1. The molecule has 10 nitrogen and oxygen atoms in total. The minimum Gasteiger partial charge on any atom is -0.494 e. The summed E-state index contributed by atoms with van der Waals surface area (Å²) in [4.78, 5) is 33.8. The van der Waals surface area contributed by atoms with Gasteiger partial charge >= 0.3 is 5.97 Å². The van der Waals surface area contributed by atoms with E-state index in [1.54, 1.807) is 63.4 Å². The van der Waals surface area contributed by atoms with Gasteiger partial charge in [0, 0.05) is 23.8 Å². The number of esters is 1. The number of hydrogen-bond acceptors (Lipinski definition) is 9. The number of pyridine rings is 1. The van der Waals surface area contributed by atoms with Gasteiger partial charge in [-0.05, 0) is 86.2 Å². The maximum absolute atomic E-state index is 14.8. The molecule has 0 spiro atoms. The Morgan fingerprint density at radius 3 is 2.59 bits per heavy atom. The van der Waals surface area contributed by atoms with Crippen molar-refractivity contribution in [1.82, 2.24) is 9.88 Å². The highest BCUT2D eigenvalue weighted by Gasteiger charge is 2.46. The number of methoxy groups -OCH3 is 1. The van der Waals surface area contributed by atoms with E-state index < -0.39 is 50.8 Å². The Hall–Kier alpha value is -4.71. The molecular weight excluding hydrogens is 611 g/mol. The standard InChI is InChI=1S/C34H37FN4O6S/c1-5-45-34(41)26-15-17-39(31(26)25-8-6-7-9-29(25)46(42,43)20(2)3)33(40)30(22-10-13-27(35)28(19-22)44-4)38-23-11-12-24-21(18-23)14-16-37-32(24)36/h6-14,16,18-20,26,30-31,38H,5,15,17H2,1-4H3,(H2,36,37)/t26-,30-,31-/m1/s1. The zero-order chi connectivity index (χ0) is 33.2. The lowest BCUT2D eigenvalue weighted by Gasteiger charge is -2.33. The van der Waals surface area contributed by atoms with Gasteiger partial charge in [-0.1, -0.05) is 24.3 Å². The lowest BCUT2D eigenvalue weighted by Crippen LogP contribution is -2.40. The lowest BCUT2D eigenvalue weighted by atomic mass is 9.93. The number of likely N-dealkylation sites (tertiary alicyclic amines) is 1. The number of nitrogen functional groups attached to an aromatic ring is 1. The third-order valence-electron chi connectivity index (χ3n) is 8.30. The first kappa shape index (κ1) is 32.7. The predicted octanol–water partition coefficient (Wildman–Crippen LogP) is 5.45. The van der Waals surface area contributed by atoms with Gasteiger partial charge in [0.15, 0.2) is 21.4 Å². The molecule has 0 saturated carbocycles. The molecule has 1 fully saturated rings. The molecule has 2 heterocycles. The topological polar surface area (TPSA) is 141 Å². The van der Waals surface area contributed by atoms with Crippen LogP contribution in [0.5, 0.6) is 5.75 Å². The molecule has 1 aromatic heterocycles. The van der Waals surface area contributed by atoms with Crippen molar-refractivity contribution < 1.29 is 31.9 Å². The molecule has 1 aliphatic rings. The first-order valence-corrected chi connectivity index (χ1v) is 16.6. The molecule has 0 unspecified atom stereocenters. The van der Waals surface area contributed by atoms with Gasteiger partial charge in [0.2, 0.25) is 5.91 Å². The zero-order valence-corrected chi connectivity index (χ0v) is 26.9. The van der Waals surface area contributed by atoms with E-state index >= 15 is 0 Å². The summed E-state index contributed by atoms with van der Waals surface area (Å²) < 4.78 is 52.2. The maximum atomic E-state index is 14.8. The number of halogens is 1. The van der Waals surface area contributed by atoms with Crippen LogP contribution in [0.15, 0.2) is 77.8 Å². The van der Waals surface area contributed by atoms with E-state index in [9.17, 15) is 22.4 Å². The maximum Gasteiger partial charge on any atom is 0.311 e. The number of nitrogens with two attached hydrogens (primary N) is 1. The minimum atomic E-state index is -3.79. The number of fused-ring (bicyclic) bond motifs is 1. The third kappa shape index (κ3) is 6.21. The third-order valence-corrected chi connectivity index (χ3v) is 10.5. The first-order chi connectivity index (χ1) is 22.0. The van der Waals surface area contributed by atoms with E-state index in [1.165, 1.54) is 36.3 Å². The Morgan fingerprint density at radius 1 is 1.11 bits per heavy atom. The summed E-state index contributed by atoms with van der Waals surface area (Å²) in [5.74, 6) is -2.07. The summed E-state index contributed by atoms with van der Waals surface area (Å²) in [6.45, 7) is 5.14. The number of carbonyl (C=O) groups excluding carboxylic acids is 2. The second-order valence-corrected chi connectivity index (χ2v) is 13.8. The monoisotopic (exact) mass is 648 g/mol. The Kier molecular flexibility index (Phi) is 9.47. The van der Waals surface area contributed by atoms with Crippen molar-refractivity contribution >= 4 is 44.0 Å². The van der Waals surface area contributed by atoms with Crippen LogP contribution in [0.4, 0.5) is 15.9 Å². The number of sulfone groups is 1. The molecule has 3 N–H and O–H groups in total. The fourth-order valence-corrected chi connectivity index (χ4v) is 7.22. The molecule has 1 saturated heterocycles. The van der Waals surface area contributed by atoms with Gasteiger partial charge in [0.1, 0.15) is 11.9 Å². The Labute approximate surface area is 267 Å². The number of anilines is 2. The van der Waals surface area contributed by atoms with E-state index in [0.717, 1.165) is 10.8 Å². The van der Waals surface area contributed by atoms with E-state index in [4.69, 9.17) is 15.2 Å². The summed E-state index contributed by atoms with van der Waals surface area (Å²) in [6, 6.07) is 15.7. The van der Waals surface area contributed by atoms with Gasteiger partial charge in [0.05, 0.1) is 35.8 Å². The van der Waals surface area contributed by atoms with Crippen molar-refractivity contribution in [2.45, 2.75) is 49.4 Å². The second kappa shape index (κ2) is 13.3. The Balaban J connectivity index is 1.64. The zero-order valence-electron chi connectivity index (χ0n) is 26.1. The highest BCUT2D eigenvalue weighted by atomic mass is 32.2. The molecule has 1 aliphatic heterocycles. The molecule has 5 rings (SSSR count). The number of nitrogens with zero attached hydrogens (tertiary/aromatic N) is 2. The largest absolute Gasteiger partial charge is 0.494 e. The predicted molar refractivity (Wildman–Crippen MR) is 173 cm³/mol. The first-order valence-electron chi connectivity index (χ1n) is 15.0. The number of aromatic nitrogens is 1. The summed E-state index contributed by atoms with van der Waals surface area (Å²) in [5.41, 5.74) is 7.35. The summed E-state index contributed by atoms with van der Waals surface area (Å²) in [7, 11) is -2.46. The molecule has 242 valence electrons. The molecule has 1 amide bonds. The lowest BCUT2D eigenvalue weighted by molar-refractivity contribution is -0.149.